The molecule has 0 fully saturated rings. The van der Waals surface area contributed by atoms with Crippen LogP contribution in [0.15, 0.2) is 54.6 Å². The van der Waals surface area contributed by atoms with Gasteiger partial charge >= 0.3 is 5.97 Å². The predicted octanol–water partition coefficient (Wildman–Crippen LogP) is 4.38. The number of ether oxygens (including phenoxy) is 1. The van der Waals surface area contributed by atoms with Crippen LogP contribution in [0.5, 0.6) is 0 Å². The summed E-state index contributed by atoms with van der Waals surface area (Å²) < 4.78 is 5.25. The van der Waals surface area contributed by atoms with Crippen molar-refractivity contribution in [3.8, 4) is 0 Å². The van der Waals surface area contributed by atoms with Crippen LogP contribution in [-0.2, 0) is 4.74 Å². The molecule has 0 saturated heterocycles. The van der Waals surface area contributed by atoms with Gasteiger partial charge in [0.15, 0.2) is 0 Å². The van der Waals surface area contributed by atoms with E-state index >= 15 is 0 Å². The monoisotopic (exact) mass is 375 g/mol. The second kappa shape index (κ2) is 11.7. The fourth-order valence-corrected chi connectivity index (χ4v) is 2.88. The van der Waals surface area contributed by atoms with Crippen LogP contribution in [0.3, 0.4) is 0 Å². The van der Waals surface area contributed by atoms with E-state index in [1.165, 1.54) is 0 Å². The van der Waals surface area contributed by atoms with Gasteiger partial charge < -0.3 is 15.2 Å². The van der Waals surface area contributed by atoms with Crippen molar-refractivity contribution in [3.05, 3.63) is 70.7 Å². The van der Waals surface area contributed by atoms with Crippen LogP contribution >= 0.6 is 11.6 Å². The Hall–Kier alpha value is -1.88. The van der Waals surface area contributed by atoms with Gasteiger partial charge in [-0.3, -0.25) is 0 Å². The number of halogens is 1. The molecule has 5 heteroatoms. The van der Waals surface area contributed by atoms with E-state index in [1.807, 2.05) is 36.4 Å². The first-order valence-corrected chi connectivity index (χ1v) is 9.41. The number of aliphatic hydroxyl groups excluding tert-OH is 1. The van der Waals surface area contributed by atoms with Crippen LogP contribution < -0.4 is 5.32 Å². The maximum atomic E-state index is 11.8. The van der Waals surface area contributed by atoms with E-state index < -0.39 is 6.10 Å². The van der Waals surface area contributed by atoms with Crippen molar-refractivity contribution in [1.29, 1.82) is 0 Å². The summed E-state index contributed by atoms with van der Waals surface area (Å²) in [4.78, 5) is 11.8. The molecule has 0 amide bonds. The largest absolute Gasteiger partial charge is 0.462 e. The van der Waals surface area contributed by atoms with Gasteiger partial charge in [0.2, 0.25) is 0 Å². The highest BCUT2D eigenvalue weighted by Gasteiger charge is 2.10. The number of unbranched alkanes of at least 4 members (excludes halogenated alkanes) is 3. The summed E-state index contributed by atoms with van der Waals surface area (Å²) in [5.74, 6) is -0.263. The zero-order chi connectivity index (χ0) is 18.6. The number of esters is 1. The summed E-state index contributed by atoms with van der Waals surface area (Å²) in [5.41, 5.74) is 1.34. The van der Waals surface area contributed by atoms with E-state index in [0.717, 1.165) is 37.8 Å². The lowest BCUT2D eigenvalue weighted by Crippen LogP contribution is -2.22. The van der Waals surface area contributed by atoms with Crippen LogP contribution in [-0.4, -0.2) is 30.8 Å². The Morgan fingerprint density at radius 3 is 2.46 bits per heavy atom. The van der Waals surface area contributed by atoms with Crippen molar-refractivity contribution < 1.29 is 14.6 Å². The van der Waals surface area contributed by atoms with Crippen molar-refractivity contribution in [3.63, 3.8) is 0 Å². The molecule has 0 heterocycles. The first-order valence-electron chi connectivity index (χ1n) is 9.04. The van der Waals surface area contributed by atoms with Crippen molar-refractivity contribution in [2.45, 2.75) is 31.8 Å². The quantitative estimate of drug-likeness (QED) is 0.452. The summed E-state index contributed by atoms with van der Waals surface area (Å²) in [5, 5.41) is 14.0. The van der Waals surface area contributed by atoms with Crippen LogP contribution in [0, 0.1) is 0 Å². The molecular weight excluding hydrogens is 350 g/mol. The molecule has 0 radical (unpaired) electrons. The van der Waals surface area contributed by atoms with E-state index in [1.54, 1.807) is 18.2 Å². The van der Waals surface area contributed by atoms with E-state index in [9.17, 15) is 9.90 Å². The number of nitrogens with one attached hydrogen (secondary N) is 1. The van der Waals surface area contributed by atoms with Gasteiger partial charge in [0, 0.05) is 17.1 Å². The third-order valence-electron chi connectivity index (χ3n) is 4.09. The number of hydrogen-bond acceptors (Lipinski definition) is 4. The number of rotatable bonds is 11. The maximum Gasteiger partial charge on any atom is 0.338 e. The van der Waals surface area contributed by atoms with Crippen LogP contribution in [0.1, 0.15) is 47.7 Å². The Bertz CT molecular complexity index is 663. The first kappa shape index (κ1) is 20.4. The van der Waals surface area contributed by atoms with Gasteiger partial charge in [-0.2, -0.15) is 0 Å². The maximum absolute atomic E-state index is 11.8. The molecule has 2 N–H and O–H groups in total. The zero-order valence-corrected chi connectivity index (χ0v) is 15.6. The van der Waals surface area contributed by atoms with E-state index in [2.05, 4.69) is 5.32 Å². The summed E-state index contributed by atoms with van der Waals surface area (Å²) in [6.07, 6.45) is 3.35. The summed E-state index contributed by atoms with van der Waals surface area (Å²) in [7, 11) is 0. The molecule has 1 atom stereocenters. The average molecular weight is 376 g/mol. The average Bonchev–Trinajstić information content (AvgIpc) is 2.67. The molecule has 2 aromatic carbocycles. The third-order valence-corrected chi connectivity index (χ3v) is 4.44. The number of carbonyl (C=O) groups is 1. The minimum Gasteiger partial charge on any atom is -0.462 e. The number of carbonyl (C=O) groups excluding carboxylic acids is 1. The summed E-state index contributed by atoms with van der Waals surface area (Å²) in [6, 6.07) is 16.4. The second-order valence-corrected chi connectivity index (χ2v) is 6.56. The van der Waals surface area contributed by atoms with Crippen molar-refractivity contribution in [1.82, 2.24) is 5.32 Å². The van der Waals surface area contributed by atoms with E-state index in [0.29, 0.717) is 23.7 Å². The van der Waals surface area contributed by atoms with Crippen molar-refractivity contribution in [2.24, 2.45) is 0 Å². The molecule has 26 heavy (non-hydrogen) atoms. The SMILES string of the molecule is O=C(OCCCCCCNCC(O)c1ccccc1Cl)c1ccccc1. The number of hydrogen-bond donors (Lipinski definition) is 2. The standard InChI is InChI=1S/C21H26ClNO3/c22-19-13-7-6-12-18(19)20(24)16-23-14-8-1-2-9-15-26-21(25)17-10-4-3-5-11-17/h3-7,10-13,20,23-24H,1-2,8-9,14-16H2. The zero-order valence-electron chi connectivity index (χ0n) is 14.9. The molecule has 4 nitrogen and oxygen atoms in total. The van der Waals surface area contributed by atoms with Crippen LogP contribution in [0.2, 0.25) is 5.02 Å². The minimum absolute atomic E-state index is 0.263. The smallest absolute Gasteiger partial charge is 0.338 e. The molecular formula is C21H26ClNO3. The van der Waals surface area contributed by atoms with Gasteiger partial charge in [-0.1, -0.05) is 60.8 Å². The lowest BCUT2D eigenvalue weighted by Gasteiger charge is -2.13. The predicted molar refractivity (Wildman–Crippen MR) is 104 cm³/mol. The molecule has 0 aliphatic heterocycles. The van der Waals surface area contributed by atoms with Gasteiger partial charge in [-0.05, 0) is 37.6 Å². The molecule has 0 aromatic heterocycles. The highest BCUT2D eigenvalue weighted by Crippen LogP contribution is 2.21. The molecule has 0 saturated carbocycles. The Labute approximate surface area is 160 Å². The molecule has 1 unspecified atom stereocenters. The fraction of sp³-hybridized carbons (Fsp3) is 0.381. The van der Waals surface area contributed by atoms with Gasteiger partial charge in [-0.25, -0.2) is 4.79 Å². The topological polar surface area (TPSA) is 58.6 Å². The van der Waals surface area contributed by atoms with Gasteiger partial charge in [0.1, 0.15) is 0 Å². The molecule has 0 bridgehead atoms. The molecule has 0 aliphatic rings. The lowest BCUT2D eigenvalue weighted by atomic mass is 10.1. The molecule has 140 valence electrons. The van der Waals surface area contributed by atoms with Crippen molar-refractivity contribution >= 4 is 17.6 Å². The Morgan fingerprint density at radius 2 is 1.69 bits per heavy atom. The molecule has 2 rings (SSSR count). The van der Waals surface area contributed by atoms with Crippen LogP contribution in [0.25, 0.3) is 0 Å². The third kappa shape index (κ3) is 7.16. The number of benzene rings is 2. The lowest BCUT2D eigenvalue weighted by molar-refractivity contribution is 0.0497. The Balaban J connectivity index is 1.47. The molecule has 2 aromatic rings. The second-order valence-electron chi connectivity index (χ2n) is 6.16. The summed E-state index contributed by atoms with van der Waals surface area (Å²) in [6.45, 7) is 1.77. The fourth-order valence-electron chi connectivity index (χ4n) is 2.62. The van der Waals surface area contributed by atoms with Gasteiger partial charge in [-0.15, -0.1) is 0 Å². The van der Waals surface area contributed by atoms with Gasteiger partial charge in [0.25, 0.3) is 0 Å². The van der Waals surface area contributed by atoms with E-state index in [-0.39, 0.29) is 5.97 Å². The summed E-state index contributed by atoms with van der Waals surface area (Å²) >= 11 is 6.07. The molecule has 0 aliphatic carbocycles. The number of aliphatic hydroxyl groups is 1. The van der Waals surface area contributed by atoms with Crippen molar-refractivity contribution in [2.75, 3.05) is 19.7 Å². The molecule has 0 spiro atoms. The van der Waals surface area contributed by atoms with Gasteiger partial charge in [0.05, 0.1) is 18.3 Å². The Morgan fingerprint density at radius 1 is 1.00 bits per heavy atom. The highest BCUT2D eigenvalue weighted by molar-refractivity contribution is 6.31. The normalized spacial score (nSPS) is 11.9. The van der Waals surface area contributed by atoms with E-state index in [4.69, 9.17) is 16.3 Å². The highest BCUT2D eigenvalue weighted by atomic mass is 35.5. The van der Waals surface area contributed by atoms with Crippen LogP contribution in [0.4, 0.5) is 0 Å². The minimum atomic E-state index is -0.596. The first-order chi connectivity index (χ1) is 12.7. The Kier molecular flexibility index (Phi) is 9.18.